The van der Waals surface area contributed by atoms with Crippen molar-refractivity contribution in [1.82, 2.24) is 0 Å². The summed E-state index contributed by atoms with van der Waals surface area (Å²) in [4.78, 5) is 31.0. The van der Waals surface area contributed by atoms with Crippen molar-refractivity contribution < 1.29 is 19.1 Å². The molecule has 2 aliphatic rings. The predicted octanol–water partition coefficient (Wildman–Crippen LogP) is 7.10. The number of hydrogen-bond donors (Lipinski definition) is 1. The number of carbonyl (C=O) groups excluding carboxylic acids is 2. The van der Waals surface area contributed by atoms with Gasteiger partial charge in [-0.15, -0.1) is 0 Å². The van der Waals surface area contributed by atoms with E-state index in [1.165, 1.54) is 12.0 Å². The van der Waals surface area contributed by atoms with Gasteiger partial charge < -0.3 is 9.47 Å². The van der Waals surface area contributed by atoms with Gasteiger partial charge in [-0.1, -0.05) is 45.4 Å². The maximum atomic E-state index is 13.3. The highest BCUT2D eigenvalue weighted by Gasteiger charge is 2.33. The summed E-state index contributed by atoms with van der Waals surface area (Å²) >= 11 is 0. The van der Waals surface area contributed by atoms with Crippen LogP contribution in [0.1, 0.15) is 81.8 Å². The lowest BCUT2D eigenvalue weighted by Crippen LogP contribution is -2.37. The van der Waals surface area contributed by atoms with Crippen LogP contribution in [0, 0.1) is 17.8 Å². The first kappa shape index (κ1) is 26.9. The summed E-state index contributed by atoms with van der Waals surface area (Å²) in [5.41, 5.74) is 3.69. The normalized spacial score (nSPS) is 22.6. The average molecular weight is 505 g/mol. The number of fused-ring (bicyclic) bond motifs is 1. The molecule has 198 valence electrons. The number of nitrogens with one attached hydrogen (secondary N) is 1. The second kappa shape index (κ2) is 11.1. The van der Waals surface area contributed by atoms with E-state index in [1.54, 1.807) is 31.4 Å². The minimum Gasteiger partial charge on any atom is -0.497 e. The van der Waals surface area contributed by atoms with Crippen molar-refractivity contribution in [3.63, 3.8) is 0 Å². The lowest BCUT2D eigenvalue weighted by atomic mass is 9.75. The third kappa shape index (κ3) is 6.60. The zero-order valence-corrected chi connectivity index (χ0v) is 23.0. The maximum absolute atomic E-state index is 13.3. The number of nitrogens with zero attached hydrogens (tertiary/aromatic N) is 1. The Hall–Kier alpha value is -3.15. The Balaban J connectivity index is 1.46. The van der Waals surface area contributed by atoms with Crippen LogP contribution in [0.3, 0.4) is 0 Å². The average Bonchev–Trinajstić information content (AvgIpc) is 2.83. The van der Waals surface area contributed by atoms with Gasteiger partial charge in [0.1, 0.15) is 11.9 Å². The molecule has 1 fully saturated rings. The summed E-state index contributed by atoms with van der Waals surface area (Å²) < 4.78 is 11.3. The number of anilines is 1. The van der Waals surface area contributed by atoms with Gasteiger partial charge in [0.15, 0.2) is 5.78 Å². The van der Waals surface area contributed by atoms with Crippen LogP contribution >= 0.6 is 0 Å². The molecular weight excluding hydrogens is 464 g/mol. The molecule has 1 saturated carbocycles. The Morgan fingerprint density at radius 2 is 1.92 bits per heavy atom. The molecule has 6 nitrogen and oxygen atoms in total. The van der Waals surface area contributed by atoms with Crippen molar-refractivity contribution in [3.8, 4) is 5.75 Å². The number of Topliss-reactive ketones (excluding diaryl/α,β-unsaturated/α-hetero) is 1. The van der Waals surface area contributed by atoms with E-state index < -0.39 is 6.09 Å². The predicted molar refractivity (Wildman–Crippen MR) is 148 cm³/mol. The van der Waals surface area contributed by atoms with Crippen LogP contribution in [-0.4, -0.2) is 36.3 Å². The molecule has 0 radical (unpaired) electrons. The lowest BCUT2D eigenvalue weighted by molar-refractivity contribution is 0.0126. The molecule has 2 aromatic rings. The molecule has 4 rings (SSSR count). The largest absolute Gasteiger partial charge is 0.497 e. The maximum Gasteiger partial charge on any atom is 0.411 e. The van der Waals surface area contributed by atoms with Crippen molar-refractivity contribution in [2.75, 3.05) is 12.4 Å². The van der Waals surface area contributed by atoms with Crippen LogP contribution in [-0.2, 0) is 11.2 Å². The van der Waals surface area contributed by atoms with Gasteiger partial charge in [0, 0.05) is 16.8 Å². The molecule has 1 N–H and O–H groups in total. The smallest absolute Gasteiger partial charge is 0.411 e. The van der Waals surface area contributed by atoms with Gasteiger partial charge >= 0.3 is 6.09 Å². The van der Waals surface area contributed by atoms with Gasteiger partial charge in [-0.2, -0.15) is 0 Å². The first-order valence-electron chi connectivity index (χ1n) is 13.4. The molecule has 1 heterocycles. The number of aliphatic imine (C=N–C) groups is 1. The van der Waals surface area contributed by atoms with E-state index in [1.807, 2.05) is 12.1 Å². The molecule has 3 atom stereocenters. The fourth-order valence-corrected chi connectivity index (χ4v) is 5.73. The number of benzene rings is 2. The van der Waals surface area contributed by atoms with Crippen LogP contribution in [0.25, 0.3) is 0 Å². The van der Waals surface area contributed by atoms with Gasteiger partial charge in [0.05, 0.1) is 24.8 Å². The summed E-state index contributed by atoms with van der Waals surface area (Å²) in [5.74, 6) is 2.08. The lowest BCUT2D eigenvalue weighted by Gasteiger charge is -2.36. The SMILES string of the molecule is COc1ccc2c(c1)C(CC(=O)c1cccc(NC(=O)O[C@@H]3C[C@H](C)CC[C@H]3C(C)C)c1)=NC(C)(C)C2. The Bertz CT molecular complexity index is 1180. The summed E-state index contributed by atoms with van der Waals surface area (Å²) in [5, 5.41) is 2.85. The van der Waals surface area contributed by atoms with Gasteiger partial charge in [-0.3, -0.25) is 15.1 Å². The van der Waals surface area contributed by atoms with Crippen LogP contribution in [0.2, 0.25) is 0 Å². The molecule has 0 aromatic heterocycles. The van der Waals surface area contributed by atoms with Crippen molar-refractivity contribution in [2.45, 2.75) is 78.4 Å². The van der Waals surface area contributed by atoms with Crippen LogP contribution in [0.15, 0.2) is 47.5 Å². The molecular formula is C31H40N2O4. The van der Waals surface area contributed by atoms with Crippen molar-refractivity contribution in [2.24, 2.45) is 22.7 Å². The molecule has 0 bridgehead atoms. The molecule has 0 unspecified atom stereocenters. The zero-order valence-electron chi connectivity index (χ0n) is 23.0. The Morgan fingerprint density at radius 3 is 2.65 bits per heavy atom. The van der Waals surface area contributed by atoms with Gasteiger partial charge in [-0.25, -0.2) is 4.79 Å². The summed E-state index contributed by atoms with van der Waals surface area (Å²) in [6.07, 6.45) is 3.58. The Morgan fingerprint density at radius 1 is 1.14 bits per heavy atom. The number of carbonyl (C=O) groups is 2. The van der Waals surface area contributed by atoms with E-state index >= 15 is 0 Å². The number of ketones is 1. The second-order valence-electron chi connectivity index (χ2n) is 11.6. The number of methoxy groups -OCH3 is 1. The number of rotatable bonds is 7. The molecule has 0 spiro atoms. The quantitative estimate of drug-likeness (QED) is 0.408. The third-order valence-corrected chi connectivity index (χ3v) is 7.67. The molecule has 1 aliphatic carbocycles. The zero-order chi connectivity index (χ0) is 26.7. The molecule has 37 heavy (non-hydrogen) atoms. The first-order valence-corrected chi connectivity index (χ1v) is 13.4. The van der Waals surface area contributed by atoms with Crippen LogP contribution < -0.4 is 10.1 Å². The summed E-state index contributed by atoms with van der Waals surface area (Å²) in [7, 11) is 1.64. The van der Waals surface area contributed by atoms with Crippen LogP contribution in [0.5, 0.6) is 5.75 Å². The molecule has 1 aliphatic heterocycles. The molecule has 6 heteroatoms. The first-order chi connectivity index (χ1) is 17.5. The van der Waals surface area contributed by atoms with E-state index in [4.69, 9.17) is 14.5 Å². The molecule has 0 saturated heterocycles. The second-order valence-corrected chi connectivity index (χ2v) is 11.6. The van der Waals surface area contributed by atoms with E-state index in [9.17, 15) is 9.59 Å². The van der Waals surface area contributed by atoms with Gasteiger partial charge in [0.25, 0.3) is 0 Å². The number of hydrogen-bond acceptors (Lipinski definition) is 5. The van der Waals surface area contributed by atoms with Gasteiger partial charge in [0.2, 0.25) is 0 Å². The summed E-state index contributed by atoms with van der Waals surface area (Å²) in [6, 6.07) is 13.0. The summed E-state index contributed by atoms with van der Waals surface area (Å²) in [6.45, 7) is 10.8. The Kier molecular flexibility index (Phi) is 8.05. The van der Waals surface area contributed by atoms with Crippen molar-refractivity contribution in [3.05, 3.63) is 59.2 Å². The Labute approximate surface area is 220 Å². The van der Waals surface area contributed by atoms with E-state index in [-0.39, 0.29) is 23.8 Å². The standard InChI is InChI=1S/C31H40N2O4/c1-19(2)25-13-10-20(3)14-29(25)37-30(35)32-23-9-7-8-21(15-23)28(34)17-27-26-16-24(36-6)12-11-22(26)18-31(4,5)33-27/h7-9,11-12,15-16,19-20,25,29H,10,13-14,17-18H2,1-6H3,(H,32,35)/t20-,25+,29-/m1/s1. The minimum atomic E-state index is -0.464. The third-order valence-electron chi connectivity index (χ3n) is 7.67. The van der Waals surface area contributed by atoms with Crippen molar-refractivity contribution in [1.29, 1.82) is 0 Å². The number of ether oxygens (including phenoxy) is 2. The fourth-order valence-electron chi connectivity index (χ4n) is 5.73. The fraction of sp³-hybridized carbons (Fsp3) is 0.516. The molecule has 1 amide bonds. The monoisotopic (exact) mass is 504 g/mol. The number of amides is 1. The van der Waals surface area contributed by atoms with E-state index in [0.29, 0.717) is 29.0 Å². The molecule has 2 aromatic carbocycles. The highest BCUT2D eigenvalue weighted by Crippen LogP contribution is 2.35. The minimum absolute atomic E-state index is 0.0526. The van der Waals surface area contributed by atoms with Crippen LogP contribution in [0.4, 0.5) is 10.5 Å². The van der Waals surface area contributed by atoms with Gasteiger partial charge in [-0.05, 0) is 80.7 Å². The van der Waals surface area contributed by atoms with Crippen molar-refractivity contribution >= 4 is 23.3 Å². The highest BCUT2D eigenvalue weighted by molar-refractivity contribution is 6.17. The van der Waals surface area contributed by atoms with E-state index in [0.717, 1.165) is 36.3 Å². The van der Waals surface area contributed by atoms with E-state index in [2.05, 4.69) is 46.0 Å². The topological polar surface area (TPSA) is 77.0 Å². The highest BCUT2D eigenvalue weighted by atomic mass is 16.6.